The summed E-state index contributed by atoms with van der Waals surface area (Å²) >= 11 is 0. The van der Waals surface area contributed by atoms with Crippen LogP contribution in [0.2, 0.25) is 0 Å². The van der Waals surface area contributed by atoms with Gasteiger partial charge in [0, 0.05) is 32.4 Å². The molecule has 0 amide bonds. The summed E-state index contributed by atoms with van der Waals surface area (Å²) in [5, 5.41) is 3.25. The summed E-state index contributed by atoms with van der Waals surface area (Å²) in [6.07, 6.45) is 5.17. The number of imidazole rings is 1. The van der Waals surface area contributed by atoms with Gasteiger partial charge < -0.3 is 14.6 Å². The lowest BCUT2D eigenvalue weighted by Gasteiger charge is -2.25. The van der Waals surface area contributed by atoms with Gasteiger partial charge in [-0.1, -0.05) is 0 Å². The highest BCUT2D eigenvalue weighted by molar-refractivity contribution is 7.91. The number of nitrogens with zero attached hydrogens (tertiary/aromatic N) is 2. The highest BCUT2D eigenvalue weighted by Gasteiger charge is 2.26. The zero-order valence-corrected chi connectivity index (χ0v) is 12.0. The SMILES string of the molecule is COCCNCc1cncn1C1CCCS(=O)(=O)C1. The molecule has 6 nitrogen and oxygen atoms in total. The molecule has 0 spiro atoms. The van der Waals surface area contributed by atoms with Gasteiger partial charge in [-0.05, 0) is 12.8 Å². The Labute approximate surface area is 114 Å². The Balaban J connectivity index is 1.98. The summed E-state index contributed by atoms with van der Waals surface area (Å²) in [6, 6.07) is 0.0282. The minimum atomic E-state index is -2.89. The van der Waals surface area contributed by atoms with Gasteiger partial charge in [-0.3, -0.25) is 0 Å². The summed E-state index contributed by atoms with van der Waals surface area (Å²) in [5.41, 5.74) is 1.03. The highest BCUT2D eigenvalue weighted by Crippen LogP contribution is 2.24. The molecule has 1 aromatic rings. The van der Waals surface area contributed by atoms with Crippen LogP contribution in [0.15, 0.2) is 12.5 Å². The molecule has 1 N–H and O–H groups in total. The van der Waals surface area contributed by atoms with Crippen molar-refractivity contribution in [3.8, 4) is 0 Å². The van der Waals surface area contributed by atoms with Gasteiger partial charge in [0.15, 0.2) is 9.84 Å². The first kappa shape index (κ1) is 14.5. The van der Waals surface area contributed by atoms with Crippen LogP contribution < -0.4 is 5.32 Å². The van der Waals surface area contributed by atoms with Crippen molar-refractivity contribution in [1.29, 1.82) is 0 Å². The van der Waals surface area contributed by atoms with Crippen molar-refractivity contribution in [3.05, 3.63) is 18.2 Å². The predicted molar refractivity (Wildman–Crippen MR) is 72.7 cm³/mol. The first-order valence-electron chi connectivity index (χ1n) is 6.53. The molecule has 1 saturated heterocycles. The molecule has 19 heavy (non-hydrogen) atoms. The van der Waals surface area contributed by atoms with Crippen LogP contribution in [0.5, 0.6) is 0 Å². The van der Waals surface area contributed by atoms with Crippen LogP contribution in [0.25, 0.3) is 0 Å². The maximum absolute atomic E-state index is 11.7. The zero-order chi connectivity index (χ0) is 13.7. The molecule has 0 aliphatic carbocycles. The van der Waals surface area contributed by atoms with E-state index in [1.54, 1.807) is 19.6 Å². The van der Waals surface area contributed by atoms with E-state index < -0.39 is 9.84 Å². The van der Waals surface area contributed by atoms with Gasteiger partial charge in [0.05, 0.1) is 30.1 Å². The van der Waals surface area contributed by atoms with Crippen LogP contribution in [0.1, 0.15) is 24.6 Å². The van der Waals surface area contributed by atoms with Crippen molar-refractivity contribution >= 4 is 9.84 Å². The second-order valence-electron chi connectivity index (χ2n) is 4.87. The molecule has 0 aromatic carbocycles. The summed E-state index contributed by atoms with van der Waals surface area (Å²) in [4.78, 5) is 4.14. The maximum atomic E-state index is 11.7. The van der Waals surface area contributed by atoms with Crippen molar-refractivity contribution < 1.29 is 13.2 Å². The molecule has 7 heteroatoms. The lowest BCUT2D eigenvalue weighted by atomic mass is 10.2. The fourth-order valence-electron chi connectivity index (χ4n) is 2.41. The smallest absolute Gasteiger partial charge is 0.152 e. The number of hydrogen-bond acceptors (Lipinski definition) is 5. The molecule has 1 unspecified atom stereocenters. The average Bonchev–Trinajstić information content (AvgIpc) is 2.82. The van der Waals surface area contributed by atoms with Crippen molar-refractivity contribution in [2.45, 2.75) is 25.4 Å². The lowest BCUT2D eigenvalue weighted by molar-refractivity contribution is 0.199. The lowest BCUT2D eigenvalue weighted by Crippen LogP contribution is -2.29. The van der Waals surface area contributed by atoms with Crippen LogP contribution in [0.3, 0.4) is 0 Å². The Hall–Kier alpha value is -0.920. The quantitative estimate of drug-likeness (QED) is 0.765. The van der Waals surface area contributed by atoms with Gasteiger partial charge in [0.2, 0.25) is 0 Å². The van der Waals surface area contributed by atoms with Crippen molar-refractivity contribution in [1.82, 2.24) is 14.9 Å². The third-order valence-corrected chi connectivity index (χ3v) is 5.17. The van der Waals surface area contributed by atoms with Crippen LogP contribution in [-0.2, 0) is 21.1 Å². The standard InChI is InChI=1S/C12H21N3O3S/c1-18-5-4-13-7-12-8-14-10-15(12)11-3-2-6-19(16,17)9-11/h8,10-11,13H,2-7,9H2,1H3. The first-order valence-corrected chi connectivity index (χ1v) is 8.35. The maximum Gasteiger partial charge on any atom is 0.152 e. The minimum absolute atomic E-state index is 0.0282. The molecule has 2 rings (SSSR count). The molecule has 0 saturated carbocycles. The Morgan fingerprint density at radius 3 is 3.16 bits per heavy atom. The number of hydrogen-bond donors (Lipinski definition) is 1. The Bertz CT molecular complexity index is 498. The number of rotatable bonds is 6. The van der Waals surface area contributed by atoms with E-state index in [9.17, 15) is 8.42 Å². The summed E-state index contributed by atoms with van der Waals surface area (Å²) in [7, 11) is -1.23. The highest BCUT2D eigenvalue weighted by atomic mass is 32.2. The van der Waals surface area contributed by atoms with E-state index in [1.165, 1.54) is 0 Å². The first-order chi connectivity index (χ1) is 9.12. The van der Waals surface area contributed by atoms with Crippen molar-refractivity contribution in [2.75, 3.05) is 31.8 Å². The van der Waals surface area contributed by atoms with Gasteiger partial charge >= 0.3 is 0 Å². The van der Waals surface area contributed by atoms with Crippen molar-refractivity contribution in [2.24, 2.45) is 0 Å². The average molecular weight is 287 g/mol. The Morgan fingerprint density at radius 1 is 1.58 bits per heavy atom. The molecule has 0 radical (unpaired) electrons. The van der Waals surface area contributed by atoms with E-state index in [0.29, 0.717) is 18.9 Å². The van der Waals surface area contributed by atoms with Crippen LogP contribution in [-0.4, -0.2) is 49.7 Å². The minimum Gasteiger partial charge on any atom is -0.383 e. The predicted octanol–water partition coefficient (Wildman–Crippen LogP) is 0.369. The molecule has 1 aliphatic rings. The zero-order valence-electron chi connectivity index (χ0n) is 11.2. The summed E-state index contributed by atoms with van der Waals surface area (Å²) in [6.45, 7) is 2.11. The molecule has 0 bridgehead atoms. The molecular formula is C12H21N3O3S. The van der Waals surface area contributed by atoms with Crippen LogP contribution in [0.4, 0.5) is 0 Å². The molecule has 2 heterocycles. The normalized spacial score (nSPS) is 22.5. The molecule has 1 aliphatic heterocycles. The third kappa shape index (κ3) is 4.02. The fraction of sp³-hybridized carbons (Fsp3) is 0.750. The number of aromatic nitrogens is 2. The fourth-order valence-corrected chi connectivity index (χ4v) is 4.09. The van der Waals surface area contributed by atoms with E-state index in [0.717, 1.165) is 25.1 Å². The van der Waals surface area contributed by atoms with E-state index in [1.807, 2.05) is 4.57 Å². The van der Waals surface area contributed by atoms with Gasteiger partial charge in [-0.2, -0.15) is 0 Å². The second kappa shape index (κ2) is 6.49. The number of methoxy groups -OCH3 is 1. The topological polar surface area (TPSA) is 73.2 Å². The monoisotopic (exact) mass is 287 g/mol. The van der Waals surface area contributed by atoms with Crippen LogP contribution in [0, 0.1) is 0 Å². The summed E-state index contributed by atoms with van der Waals surface area (Å²) in [5.74, 6) is 0.550. The van der Waals surface area contributed by atoms with E-state index >= 15 is 0 Å². The Morgan fingerprint density at radius 2 is 2.42 bits per heavy atom. The molecule has 1 fully saturated rings. The van der Waals surface area contributed by atoms with Gasteiger partial charge in [-0.15, -0.1) is 0 Å². The van der Waals surface area contributed by atoms with Gasteiger partial charge in [0.1, 0.15) is 0 Å². The number of ether oxygens (including phenoxy) is 1. The van der Waals surface area contributed by atoms with E-state index in [2.05, 4.69) is 10.3 Å². The summed E-state index contributed by atoms with van der Waals surface area (Å²) < 4.78 is 30.4. The van der Waals surface area contributed by atoms with E-state index in [-0.39, 0.29) is 11.8 Å². The molecular weight excluding hydrogens is 266 g/mol. The number of sulfone groups is 1. The number of nitrogens with one attached hydrogen (secondary N) is 1. The van der Waals surface area contributed by atoms with Gasteiger partial charge in [-0.25, -0.2) is 13.4 Å². The van der Waals surface area contributed by atoms with E-state index in [4.69, 9.17) is 4.74 Å². The molecule has 1 aromatic heterocycles. The third-order valence-electron chi connectivity index (χ3n) is 3.37. The Kier molecular flexibility index (Phi) is 4.95. The molecule has 108 valence electrons. The van der Waals surface area contributed by atoms with Gasteiger partial charge in [0.25, 0.3) is 0 Å². The van der Waals surface area contributed by atoms with Crippen LogP contribution >= 0.6 is 0 Å². The molecule has 1 atom stereocenters. The van der Waals surface area contributed by atoms with Crippen molar-refractivity contribution in [3.63, 3.8) is 0 Å². The largest absolute Gasteiger partial charge is 0.383 e. The second-order valence-corrected chi connectivity index (χ2v) is 7.10.